The van der Waals surface area contributed by atoms with Gasteiger partial charge in [-0.15, -0.1) is 0 Å². The van der Waals surface area contributed by atoms with Crippen molar-refractivity contribution in [2.75, 3.05) is 26.9 Å². The quantitative estimate of drug-likeness (QED) is 0.175. The van der Waals surface area contributed by atoms with Crippen LogP contribution in [0.4, 0.5) is 0 Å². The Balaban J connectivity index is 1.58. The molecule has 1 aliphatic heterocycles. The highest BCUT2D eigenvalue weighted by Crippen LogP contribution is 2.52. The zero-order valence-corrected chi connectivity index (χ0v) is 23.0. The van der Waals surface area contributed by atoms with Crippen molar-refractivity contribution in [1.29, 1.82) is 0 Å². The number of rotatable bonds is 12. The molecule has 4 rings (SSSR count). The van der Waals surface area contributed by atoms with Crippen molar-refractivity contribution in [3.63, 3.8) is 0 Å². The second kappa shape index (κ2) is 12.6. The molecular weight excluding hydrogens is 534 g/mol. The SMILES string of the molecule is COc1ccc(C(N=O)C(CO)Oc2ccc(C3Oc4c(O)cc([C@H](C)C(C)CO)cc4C3CO)cc2O)cc1O. The molecule has 0 aliphatic carbocycles. The summed E-state index contributed by atoms with van der Waals surface area (Å²) in [7, 11) is 1.38. The van der Waals surface area contributed by atoms with Gasteiger partial charge in [0.15, 0.2) is 46.6 Å². The van der Waals surface area contributed by atoms with Crippen LogP contribution in [0.25, 0.3) is 0 Å². The Morgan fingerprint density at radius 2 is 1.56 bits per heavy atom. The van der Waals surface area contributed by atoms with E-state index in [0.717, 1.165) is 5.56 Å². The minimum absolute atomic E-state index is 0.0153. The van der Waals surface area contributed by atoms with Gasteiger partial charge in [0.1, 0.15) is 6.10 Å². The van der Waals surface area contributed by atoms with Crippen molar-refractivity contribution in [3.05, 3.63) is 75.7 Å². The standard InChI is InChI=1S/C30H35NO10/c1-15(12-32)16(2)19-8-20-21(13-33)29(41-30(20)24(37)11-19)18-5-7-26(23(36)10-18)40-27(14-34)28(31-38)17-4-6-25(39-3)22(35)9-17/h4-11,15-16,21,27-29,32-37H,12-14H2,1-3H3/t15?,16-,21?,27?,28?,29?/m1/s1. The molecule has 11 nitrogen and oxygen atoms in total. The molecule has 5 unspecified atom stereocenters. The summed E-state index contributed by atoms with van der Waals surface area (Å²) in [5, 5.41) is 64.5. The summed E-state index contributed by atoms with van der Waals surface area (Å²) in [4.78, 5) is 11.7. The second-order valence-electron chi connectivity index (χ2n) is 10.3. The number of aromatic hydroxyl groups is 3. The second-order valence-corrected chi connectivity index (χ2v) is 10.3. The highest BCUT2D eigenvalue weighted by molar-refractivity contribution is 5.56. The van der Waals surface area contributed by atoms with Crippen LogP contribution in [-0.4, -0.2) is 63.7 Å². The van der Waals surface area contributed by atoms with Gasteiger partial charge in [0, 0.05) is 12.2 Å². The van der Waals surface area contributed by atoms with Gasteiger partial charge >= 0.3 is 0 Å². The lowest BCUT2D eigenvalue weighted by atomic mass is 9.85. The Kier molecular flexibility index (Phi) is 9.21. The number of hydrogen-bond donors (Lipinski definition) is 6. The molecule has 41 heavy (non-hydrogen) atoms. The van der Waals surface area contributed by atoms with E-state index in [1.54, 1.807) is 12.1 Å². The van der Waals surface area contributed by atoms with E-state index in [1.165, 1.54) is 37.4 Å². The third-order valence-corrected chi connectivity index (χ3v) is 7.77. The van der Waals surface area contributed by atoms with Crippen LogP contribution in [-0.2, 0) is 0 Å². The van der Waals surface area contributed by atoms with Gasteiger partial charge < -0.3 is 44.8 Å². The number of ether oxygens (including phenoxy) is 3. The normalized spacial score (nSPS) is 19.0. The zero-order chi connectivity index (χ0) is 29.8. The number of methoxy groups -OCH3 is 1. The first-order valence-corrected chi connectivity index (χ1v) is 13.2. The van der Waals surface area contributed by atoms with Gasteiger partial charge in [-0.2, -0.15) is 4.91 Å². The monoisotopic (exact) mass is 569 g/mol. The van der Waals surface area contributed by atoms with Gasteiger partial charge in [-0.1, -0.05) is 37.2 Å². The maximum absolute atomic E-state index is 11.7. The van der Waals surface area contributed by atoms with E-state index in [2.05, 4.69) is 5.18 Å². The van der Waals surface area contributed by atoms with Gasteiger partial charge in [0.05, 0.1) is 26.2 Å². The number of nitrogens with zero attached hydrogens (tertiary/aromatic N) is 1. The van der Waals surface area contributed by atoms with Gasteiger partial charge in [-0.3, -0.25) is 0 Å². The molecule has 1 aliphatic rings. The minimum atomic E-state index is -1.21. The smallest absolute Gasteiger partial charge is 0.165 e. The average Bonchev–Trinajstić information content (AvgIpc) is 3.36. The molecular formula is C30H35NO10. The van der Waals surface area contributed by atoms with Crippen molar-refractivity contribution in [2.24, 2.45) is 11.1 Å². The largest absolute Gasteiger partial charge is 0.504 e. The first kappa shape index (κ1) is 29.9. The molecule has 6 N–H and O–H groups in total. The number of phenols is 3. The molecule has 0 saturated carbocycles. The van der Waals surface area contributed by atoms with E-state index < -0.39 is 30.8 Å². The summed E-state index contributed by atoms with van der Waals surface area (Å²) < 4.78 is 16.8. The molecule has 0 saturated heterocycles. The fraction of sp³-hybridized carbons (Fsp3) is 0.400. The summed E-state index contributed by atoms with van der Waals surface area (Å²) in [5.41, 5.74) is 2.19. The summed E-state index contributed by atoms with van der Waals surface area (Å²) in [6, 6.07) is 10.9. The molecule has 0 spiro atoms. The third-order valence-electron chi connectivity index (χ3n) is 7.77. The van der Waals surface area contributed by atoms with Crippen LogP contribution < -0.4 is 14.2 Å². The van der Waals surface area contributed by atoms with Gasteiger partial charge in [0.2, 0.25) is 0 Å². The van der Waals surface area contributed by atoms with Crippen molar-refractivity contribution >= 4 is 0 Å². The number of aliphatic hydroxyl groups excluding tert-OH is 3. The lowest BCUT2D eigenvalue weighted by Gasteiger charge is -2.23. The van der Waals surface area contributed by atoms with E-state index in [4.69, 9.17) is 14.2 Å². The molecule has 0 aromatic heterocycles. The first-order chi connectivity index (χ1) is 19.7. The number of phenolic OH excluding ortho intramolecular Hbond substituents is 3. The fourth-order valence-electron chi connectivity index (χ4n) is 5.09. The van der Waals surface area contributed by atoms with E-state index in [9.17, 15) is 35.5 Å². The summed E-state index contributed by atoms with van der Waals surface area (Å²) >= 11 is 0. The van der Waals surface area contributed by atoms with Crippen LogP contribution in [0.2, 0.25) is 0 Å². The van der Waals surface area contributed by atoms with E-state index in [-0.39, 0.29) is 65.1 Å². The van der Waals surface area contributed by atoms with Gasteiger partial charge in [-0.25, -0.2) is 0 Å². The van der Waals surface area contributed by atoms with Gasteiger partial charge in [0.25, 0.3) is 0 Å². The molecule has 0 fully saturated rings. The van der Waals surface area contributed by atoms with Crippen LogP contribution >= 0.6 is 0 Å². The van der Waals surface area contributed by atoms with Crippen molar-refractivity contribution in [3.8, 4) is 34.5 Å². The summed E-state index contributed by atoms with van der Waals surface area (Å²) in [6.45, 7) is 2.92. The Morgan fingerprint density at radius 3 is 2.15 bits per heavy atom. The van der Waals surface area contributed by atoms with Crippen LogP contribution in [0.1, 0.15) is 60.1 Å². The molecule has 0 radical (unpaired) electrons. The van der Waals surface area contributed by atoms with Gasteiger partial charge in [-0.05, 0) is 58.9 Å². The first-order valence-electron chi connectivity index (χ1n) is 13.2. The molecule has 11 heteroatoms. The highest BCUT2D eigenvalue weighted by atomic mass is 16.5. The Labute approximate surface area is 237 Å². The van der Waals surface area contributed by atoms with Crippen LogP contribution in [0.3, 0.4) is 0 Å². The third kappa shape index (κ3) is 5.88. The summed E-state index contributed by atoms with van der Waals surface area (Å²) in [6.07, 6.45) is -1.92. The molecule has 6 atom stereocenters. The van der Waals surface area contributed by atoms with E-state index >= 15 is 0 Å². The van der Waals surface area contributed by atoms with Crippen LogP contribution in [0.15, 0.2) is 53.7 Å². The maximum Gasteiger partial charge on any atom is 0.165 e. The van der Waals surface area contributed by atoms with Crippen molar-refractivity contribution in [1.82, 2.24) is 0 Å². The Hall–Kier alpha value is -4.06. The number of hydrogen-bond acceptors (Lipinski definition) is 11. The molecule has 0 amide bonds. The maximum atomic E-state index is 11.7. The molecule has 0 bridgehead atoms. The molecule has 3 aromatic rings. The Morgan fingerprint density at radius 1 is 0.878 bits per heavy atom. The number of aliphatic hydroxyl groups is 3. The molecule has 220 valence electrons. The number of fused-ring (bicyclic) bond motifs is 1. The molecule has 1 heterocycles. The topological polar surface area (TPSA) is 178 Å². The average molecular weight is 570 g/mol. The molecule has 3 aromatic carbocycles. The van der Waals surface area contributed by atoms with Crippen LogP contribution in [0.5, 0.6) is 34.5 Å². The lowest BCUT2D eigenvalue weighted by molar-refractivity contribution is 0.0916. The number of benzene rings is 3. The summed E-state index contributed by atoms with van der Waals surface area (Å²) in [5.74, 6) is -0.849. The highest BCUT2D eigenvalue weighted by Gasteiger charge is 2.38. The Bertz CT molecular complexity index is 1380. The lowest BCUT2D eigenvalue weighted by Crippen LogP contribution is -2.28. The van der Waals surface area contributed by atoms with Crippen LogP contribution in [0, 0.1) is 10.8 Å². The van der Waals surface area contributed by atoms with Crippen molar-refractivity contribution in [2.45, 2.75) is 43.9 Å². The predicted molar refractivity (Wildman–Crippen MR) is 149 cm³/mol. The number of nitroso groups, excluding NO2 is 1. The predicted octanol–water partition coefficient (Wildman–Crippen LogP) is 4.00. The minimum Gasteiger partial charge on any atom is -0.504 e. The fourth-order valence-corrected chi connectivity index (χ4v) is 5.09. The van der Waals surface area contributed by atoms with E-state index in [0.29, 0.717) is 11.1 Å². The zero-order valence-electron chi connectivity index (χ0n) is 23.0. The van der Waals surface area contributed by atoms with Crippen molar-refractivity contribution < 1.29 is 44.8 Å². The van der Waals surface area contributed by atoms with E-state index in [1.807, 2.05) is 19.9 Å².